The third-order valence-corrected chi connectivity index (χ3v) is 4.86. The number of aromatic nitrogens is 1. The molecule has 0 aliphatic rings. The number of benzene rings is 2. The van der Waals surface area contributed by atoms with E-state index in [1.54, 1.807) is 32.4 Å². The molecule has 0 aliphatic carbocycles. The fraction of sp³-hybridized carbons (Fsp3) is 0.238. The number of hydrogen-bond donors (Lipinski definition) is 0. The molecule has 2 aromatic carbocycles. The van der Waals surface area contributed by atoms with Gasteiger partial charge in [0.25, 0.3) is 0 Å². The maximum atomic E-state index is 12.4. The highest BCUT2D eigenvalue weighted by molar-refractivity contribution is 7.13. The maximum absolute atomic E-state index is 12.4. The normalized spacial score (nSPS) is 10.4. The molecule has 3 rings (SSSR count). The van der Waals surface area contributed by atoms with Gasteiger partial charge in [0.1, 0.15) is 17.4 Å². The summed E-state index contributed by atoms with van der Waals surface area (Å²) in [6, 6.07) is 12.6. The number of ether oxygens (including phenoxy) is 4. The van der Waals surface area contributed by atoms with Crippen LogP contribution in [0.25, 0.3) is 10.6 Å². The van der Waals surface area contributed by atoms with Gasteiger partial charge in [0, 0.05) is 10.9 Å². The molecule has 0 saturated carbocycles. The second-order valence-corrected chi connectivity index (χ2v) is 6.61. The van der Waals surface area contributed by atoms with Gasteiger partial charge in [0.05, 0.1) is 32.1 Å². The Balaban J connectivity index is 1.67. The molecule has 0 unspecified atom stereocenters. The van der Waals surface area contributed by atoms with Crippen LogP contribution in [-0.2, 0) is 11.3 Å². The first-order valence-corrected chi connectivity index (χ1v) is 9.59. The van der Waals surface area contributed by atoms with Gasteiger partial charge in [-0.2, -0.15) is 0 Å². The minimum atomic E-state index is -0.445. The molecule has 0 N–H and O–H groups in total. The van der Waals surface area contributed by atoms with Gasteiger partial charge in [-0.05, 0) is 37.3 Å². The van der Waals surface area contributed by atoms with Gasteiger partial charge in [-0.3, -0.25) is 0 Å². The Morgan fingerprint density at radius 2 is 1.93 bits per heavy atom. The third-order valence-electron chi connectivity index (χ3n) is 3.92. The highest BCUT2D eigenvalue weighted by Gasteiger charge is 2.14. The number of methoxy groups -OCH3 is 2. The van der Waals surface area contributed by atoms with Crippen molar-refractivity contribution < 1.29 is 23.7 Å². The van der Waals surface area contributed by atoms with Crippen LogP contribution in [0.4, 0.5) is 0 Å². The Kier molecular flexibility index (Phi) is 6.49. The lowest BCUT2D eigenvalue weighted by molar-refractivity contribution is 0.0468. The summed E-state index contributed by atoms with van der Waals surface area (Å²) in [5.74, 6) is 1.40. The first kappa shape index (κ1) is 19.7. The van der Waals surface area contributed by atoms with Crippen molar-refractivity contribution >= 4 is 17.3 Å². The van der Waals surface area contributed by atoms with E-state index in [2.05, 4.69) is 4.98 Å². The summed E-state index contributed by atoms with van der Waals surface area (Å²) in [7, 11) is 3.18. The van der Waals surface area contributed by atoms with Crippen molar-refractivity contribution in [1.82, 2.24) is 4.98 Å². The van der Waals surface area contributed by atoms with Crippen LogP contribution in [0.15, 0.2) is 47.8 Å². The number of esters is 1. The van der Waals surface area contributed by atoms with E-state index < -0.39 is 5.97 Å². The number of rotatable bonds is 8. The molecule has 1 heterocycles. The summed E-state index contributed by atoms with van der Waals surface area (Å²) in [6.45, 7) is 2.43. The molecule has 3 aromatic rings. The Morgan fingerprint density at radius 1 is 1.07 bits per heavy atom. The maximum Gasteiger partial charge on any atom is 0.338 e. The zero-order chi connectivity index (χ0) is 19.9. The average Bonchev–Trinajstić information content (AvgIpc) is 3.21. The predicted octanol–water partition coefficient (Wildman–Crippen LogP) is 4.58. The summed E-state index contributed by atoms with van der Waals surface area (Å²) >= 11 is 1.49. The molecule has 0 amide bonds. The first-order valence-electron chi connectivity index (χ1n) is 8.71. The number of hydrogen-bond acceptors (Lipinski definition) is 7. The molecule has 0 atom stereocenters. The SMILES string of the molecule is CCOc1cc(C(=O)OCc2csc(-c3cccc(OC)c3)n2)ccc1OC. The van der Waals surface area contributed by atoms with Crippen LogP contribution in [-0.4, -0.2) is 31.8 Å². The monoisotopic (exact) mass is 399 g/mol. The second kappa shape index (κ2) is 9.23. The lowest BCUT2D eigenvalue weighted by atomic mass is 10.2. The third kappa shape index (κ3) is 4.61. The molecule has 0 radical (unpaired) electrons. The lowest BCUT2D eigenvalue weighted by Gasteiger charge is -2.10. The van der Waals surface area contributed by atoms with Crippen LogP contribution in [0.2, 0.25) is 0 Å². The molecule has 6 nitrogen and oxygen atoms in total. The van der Waals surface area contributed by atoms with Gasteiger partial charge in [0.15, 0.2) is 11.5 Å². The van der Waals surface area contributed by atoms with Gasteiger partial charge in [-0.1, -0.05) is 12.1 Å². The Labute approximate surface area is 167 Å². The van der Waals surface area contributed by atoms with E-state index in [-0.39, 0.29) is 6.61 Å². The smallest absolute Gasteiger partial charge is 0.338 e. The fourth-order valence-electron chi connectivity index (χ4n) is 2.56. The van der Waals surface area contributed by atoms with Crippen molar-refractivity contribution in [3.8, 4) is 27.8 Å². The molecule has 0 saturated heterocycles. The van der Waals surface area contributed by atoms with Gasteiger partial charge >= 0.3 is 5.97 Å². The molecule has 0 fully saturated rings. The molecule has 28 heavy (non-hydrogen) atoms. The van der Waals surface area contributed by atoms with Crippen molar-refractivity contribution in [3.63, 3.8) is 0 Å². The van der Waals surface area contributed by atoms with Crippen molar-refractivity contribution in [3.05, 3.63) is 59.1 Å². The minimum absolute atomic E-state index is 0.0926. The van der Waals surface area contributed by atoms with Gasteiger partial charge in [-0.25, -0.2) is 9.78 Å². The highest BCUT2D eigenvalue weighted by Crippen LogP contribution is 2.29. The first-order chi connectivity index (χ1) is 13.6. The Bertz CT molecular complexity index is 953. The molecule has 0 spiro atoms. The molecule has 0 aliphatic heterocycles. The van der Waals surface area contributed by atoms with E-state index in [0.29, 0.717) is 29.4 Å². The van der Waals surface area contributed by atoms with Gasteiger partial charge < -0.3 is 18.9 Å². The molecule has 0 bridgehead atoms. The largest absolute Gasteiger partial charge is 0.497 e. The van der Waals surface area contributed by atoms with Gasteiger partial charge in [-0.15, -0.1) is 11.3 Å². The summed E-state index contributed by atoms with van der Waals surface area (Å²) in [6.07, 6.45) is 0. The van der Waals surface area contributed by atoms with Crippen molar-refractivity contribution in [2.75, 3.05) is 20.8 Å². The Morgan fingerprint density at radius 3 is 2.68 bits per heavy atom. The van der Waals surface area contributed by atoms with Crippen LogP contribution in [0.5, 0.6) is 17.2 Å². The molecule has 7 heteroatoms. The number of thiazole rings is 1. The minimum Gasteiger partial charge on any atom is -0.497 e. The van der Waals surface area contributed by atoms with Crippen LogP contribution in [0.3, 0.4) is 0 Å². The quantitative estimate of drug-likeness (QED) is 0.517. The highest BCUT2D eigenvalue weighted by atomic mass is 32.1. The molecular weight excluding hydrogens is 378 g/mol. The van der Waals surface area contributed by atoms with Crippen molar-refractivity contribution in [2.45, 2.75) is 13.5 Å². The molecular formula is C21H21NO5S. The van der Waals surface area contributed by atoms with Crippen LogP contribution in [0, 0.1) is 0 Å². The fourth-order valence-corrected chi connectivity index (χ4v) is 3.36. The van der Waals surface area contributed by atoms with E-state index in [1.165, 1.54) is 11.3 Å². The summed E-state index contributed by atoms with van der Waals surface area (Å²) in [4.78, 5) is 16.9. The van der Waals surface area contributed by atoms with Crippen LogP contribution >= 0.6 is 11.3 Å². The zero-order valence-electron chi connectivity index (χ0n) is 15.9. The van der Waals surface area contributed by atoms with E-state index in [4.69, 9.17) is 18.9 Å². The lowest BCUT2D eigenvalue weighted by Crippen LogP contribution is -2.06. The zero-order valence-corrected chi connectivity index (χ0v) is 16.7. The van der Waals surface area contributed by atoms with E-state index in [0.717, 1.165) is 16.3 Å². The second-order valence-electron chi connectivity index (χ2n) is 5.75. The van der Waals surface area contributed by atoms with Crippen molar-refractivity contribution in [2.24, 2.45) is 0 Å². The molecule has 1 aromatic heterocycles. The number of carbonyl (C=O) groups is 1. The van der Waals surface area contributed by atoms with E-state index in [1.807, 2.05) is 36.6 Å². The van der Waals surface area contributed by atoms with Crippen molar-refractivity contribution in [1.29, 1.82) is 0 Å². The van der Waals surface area contributed by atoms with Crippen LogP contribution in [0.1, 0.15) is 23.0 Å². The Hall–Kier alpha value is -3.06. The number of carbonyl (C=O) groups excluding carboxylic acids is 1. The topological polar surface area (TPSA) is 66.9 Å². The number of nitrogens with zero attached hydrogens (tertiary/aromatic N) is 1. The average molecular weight is 399 g/mol. The van der Waals surface area contributed by atoms with Gasteiger partial charge in [0.2, 0.25) is 0 Å². The molecule has 146 valence electrons. The summed E-state index contributed by atoms with van der Waals surface area (Å²) in [5, 5.41) is 2.72. The van der Waals surface area contributed by atoms with Crippen LogP contribution < -0.4 is 14.2 Å². The summed E-state index contributed by atoms with van der Waals surface area (Å²) < 4.78 is 21.4. The van der Waals surface area contributed by atoms with E-state index in [9.17, 15) is 4.79 Å². The predicted molar refractivity (Wildman–Crippen MR) is 107 cm³/mol. The summed E-state index contributed by atoms with van der Waals surface area (Å²) in [5.41, 5.74) is 2.04. The van der Waals surface area contributed by atoms with E-state index >= 15 is 0 Å². The standard InChI is InChI=1S/C21H21NO5S/c1-4-26-19-11-15(8-9-18(19)25-3)21(23)27-12-16-13-28-20(22-16)14-6-5-7-17(10-14)24-2/h5-11,13H,4,12H2,1-3H3.